The van der Waals surface area contributed by atoms with Crippen molar-refractivity contribution in [3.63, 3.8) is 0 Å². The Morgan fingerprint density at radius 1 is 1.33 bits per heavy atom. The van der Waals surface area contributed by atoms with Crippen LogP contribution in [0.2, 0.25) is 0 Å². The molecule has 0 aromatic carbocycles. The summed E-state index contributed by atoms with van der Waals surface area (Å²) < 4.78 is 0. The minimum absolute atomic E-state index is 0.0405. The molecule has 0 aliphatic carbocycles. The lowest BCUT2D eigenvalue weighted by Gasteiger charge is -2.03. The first-order chi connectivity index (χ1) is 8.66. The van der Waals surface area contributed by atoms with Gasteiger partial charge in [-0.15, -0.1) is 0 Å². The van der Waals surface area contributed by atoms with Gasteiger partial charge in [0.2, 0.25) is 5.91 Å². The van der Waals surface area contributed by atoms with Crippen LogP contribution in [0.4, 0.5) is 0 Å². The smallest absolute Gasteiger partial charge is 0.243 e. The second kappa shape index (κ2) is 11.7. The van der Waals surface area contributed by atoms with E-state index in [1.54, 1.807) is 12.2 Å². The first kappa shape index (κ1) is 16.2. The SMILES string of the molecule is C/C=C/C#CCC/C=C/C=C/C(=O)NCC(C)C. The van der Waals surface area contributed by atoms with Gasteiger partial charge in [-0.2, -0.15) is 0 Å². The Balaban J connectivity index is 3.69. The Hall–Kier alpha value is -1.75. The zero-order valence-electron chi connectivity index (χ0n) is 11.6. The van der Waals surface area contributed by atoms with E-state index in [1.807, 2.05) is 31.2 Å². The highest BCUT2D eigenvalue weighted by atomic mass is 16.1. The molecule has 1 amide bonds. The number of allylic oxidation sites excluding steroid dienone is 5. The molecular formula is C16H23NO. The van der Waals surface area contributed by atoms with Gasteiger partial charge in [-0.05, 0) is 25.3 Å². The average molecular weight is 245 g/mol. The predicted molar refractivity (Wildman–Crippen MR) is 78.0 cm³/mol. The minimum Gasteiger partial charge on any atom is -0.352 e. The highest BCUT2D eigenvalue weighted by Crippen LogP contribution is 1.90. The molecule has 0 rings (SSSR count). The van der Waals surface area contributed by atoms with Crippen molar-refractivity contribution in [2.45, 2.75) is 33.6 Å². The number of rotatable bonds is 6. The summed E-state index contributed by atoms with van der Waals surface area (Å²) in [5, 5.41) is 2.82. The molecule has 0 unspecified atom stereocenters. The molecule has 0 spiro atoms. The second-order valence-corrected chi connectivity index (χ2v) is 4.29. The lowest BCUT2D eigenvalue weighted by Crippen LogP contribution is -2.25. The molecule has 0 saturated carbocycles. The molecule has 2 nitrogen and oxygen atoms in total. The number of amides is 1. The average Bonchev–Trinajstić information content (AvgIpc) is 2.34. The van der Waals surface area contributed by atoms with Gasteiger partial charge < -0.3 is 5.32 Å². The van der Waals surface area contributed by atoms with E-state index >= 15 is 0 Å². The number of hydrogen-bond acceptors (Lipinski definition) is 1. The molecule has 0 aliphatic rings. The number of carbonyl (C=O) groups is 1. The van der Waals surface area contributed by atoms with Crippen LogP contribution in [0.5, 0.6) is 0 Å². The number of nitrogens with one attached hydrogen (secondary N) is 1. The Morgan fingerprint density at radius 3 is 2.78 bits per heavy atom. The van der Waals surface area contributed by atoms with E-state index < -0.39 is 0 Å². The number of carbonyl (C=O) groups excluding carboxylic acids is 1. The van der Waals surface area contributed by atoms with Gasteiger partial charge in [0.1, 0.15) is 0 Å². The molecule has 1 N–H and O–H groups in total. The summed E-state index contributed by atoms with van der Waals surface area (Å²) in [6, 6.07) is 0. The Kier molecular flexibility index (Phi) is 10.6. The Morgan fingerprint density at radius 2 is 2.11 bits per heavy atom. The number of hydrogen-bond donors (Lipinski definition) is 1. The Bertz CT molecular complexity index is 364. The van der Waals surface area contributed by atoms with Crippen molar-refractivity contribution in [2.75, 3.05) is 6.54 Å². The molecule has 18 heavy (non-hydrogen) atoms. The summed E-state index contributed by atoms with van der Waals surface area (Å²) in [6.45, 7) is 6.80. The largest absolute Gasteiger partial charge is 0.352 e. The van der Waals surface area contributed by atoms with Crippen LogP contribution < -0.4 is 5.32 Å². The van der Waals surface area contributed by atoms with Crippen molar-refractivity contribution < 1.29 is 4.79 Å². The van der Waals surface area contributed by atoms with Crippen molar-refractivity contribution in [3.8, 4) is 11.8 Å². The fraction of sp³-hybridized carbons (Fsp3) is 0.438. The maximum Gasteiger partial charge on any atom is 0.243 e. The summed E-state index contributed by atoms with van der Waals surface area (Å²) >= 11 is 0. The van der Waals surface area contributed by atoms with Gasteiger partial charge in [-0.1, -0.05) is 50.0 Å². The molecule has 0 bridgehead atoms. The van der Waals surface area contributed by atoms with E-state index in [9.17, 15) is 4.79 Å². The summed E-state index contributed by atoms with van der Waals surface area (Å²) in [5.41, 5.74) is 0. The second-order valence-electron chi connectivity index (χ2n) is 4.29. The quantitative estimate of drug-likeness (QED) is 0.331. The predicted octanol–water partition coefficient (Wildman–Crippen LogP) is 3.23. The molecule has 0 radical (unpaired) electrons. The van der Waals surface area contributed by atoms with Crippen LogP contribution in [0.25, 0.3) is 0 Å². The highest BCUT2D eigenvalue weighted by Gasteiger charge is 1.95. The van der Waals surface area contributed by atoms with Crippen LogP contribution >= 0.6 is 0 Å². The molecule has 0 atom stereocenters. The van der Waals surface area contributed by atoms with Crippen LogP contribution in [0.1, 0.15) is 33.6 Å². The molecule has 0 saturated heterocycles. The molecule has 0 aromatic heterocycles. The molecule has 0 heterocycles. The maximum absolute atomic E-state index is 11.3. The normalized spacial score (nSPS) is 11.3. The molecule has 0 aromatic rings. The summed E-state index contributed by atoms with van der Waals surface area (Å²) in [7, 11) is 0. The van der Waals surface area contributed by atoms with Gasteiger partial charge >= 0.3 is 0 Å². The summed E-state index contributed by atoms with van der Waals surface area (Å²) in [6.07, 6.45) is 12.7. The molecule has 2 heteroatoms. The molecular weight excluding hydrogens is 222 g/mol. The maximum atomic E-state index is 11.3. The lowest BCUT2D eigenvalue weighted by atomic mass is 10.2. The van der Waals surface area contributed by atoms with Gasteiger partial charge in [-0.25, -0.2) is 0 Å². The van der Waals surface area contributed by atoms with Gasteiger partial charge in [0.25, 0.3) is 0 Å². The van der Waals surface area contributed by atoms with E-state index in [4.69, 9.17) is 0 Å². The summed E-state index contributed by atoms with van der Waals surface area (Å²) in [5.74, 6) is 6.39. The van der Waals surface area contributed by atoms with E-state index in [-0.39, 0.29) is 5.91 Å². The number of unbranched alkanes of at least 4 members (excludes halogenated alkanes) is 1. The Labute approximate surface area is 111 Å². The van der Waals surface area contributed by atoms with E-state index in [1.165, 1.54) is 0 Å². The monoisotopic (exact) mass is 245 g/mol. The van der Waals surface area contributed by atoms with Crippen LogP contribution in [0.3, 0.4) is 0 Å². The zero-order chi connectivity index (χ0) is 13.6. The van der Waals surface area contributed by atoms with Crippen LogP contribution in [0, 0.1) is 17.8 Å². The third-order valence-corrected chi connectivity index (χ3v) is 1.97. The van der Waals surface area contributed by atoms with Crippen molar-refractivity contribution in [1.82, 2.24) is 5.32 Å². The van der Waals surface area contributed by atoms with Crippen molar-refractivity contribution in [2.24, 2.45) is 5.92 Å². The standard InChI is InChI=1S/C16H23NO/c1-4-5-6-7-8-9-10-11-12-13-16(18)17-14-15(2)3/h4-5,10-13,15H,8-9,14H2,1-3H3,(H,17,18)/b5-4+,11-10+,13-12+. The van der Waals surface area contributed by atoms with Crippen molar-refractivity contribution in [1.29, 1.82) is 0 Å². The van der Waals surface area contributed by atoms with E-state index in [0.717, 1.165) is 12.8 Å². The zero-order valence-corrected chi connectivity index (χ0v) is 11.6. The molecule has 98 valence electrons. The third-order valence-electron chi connectivity index (χ3n) is 1.97. The van der Waals surface area contributed by atoms with Gasteiger partial charge in [0.15, 0.2) is 0 Å². The molecule has 0 aliphatic heterocycles. The first-order valence-electron chi connectivity index (χ1n) is 6.37. The highest BCUT2D eigenvalue weighted by molar-refractivity contribution is 5.87. The van der Waals surface area contributed by atoms with Gasteiger partial charge in [0.05, 0.1) is 0 Å². The topological polar surface area (TPSA) is 29.1 Å². The first-order valence-corrected chi connectivity index (χ1v) is 6.37. The van der Waals surface area contributed by atoms with Crippen LogP contribution in [-0.2, 0) is 4.79 Å². The summed E-state index contributed by atoms with van der Waals surface area (Å²) in [4.78, 5) is 11.3. The van der Waals surface area contributed by atoms with E-state index in [2.05, 4.69) is 31.0 Å². The van der Waals surface area contributed by atoms with Gasteiger partial charge in [0, 0.05) is 19.0 Å². The third kappa shape index (κ3) is 12.3. The minimum atomic E-state index is -0.0405. The van der Waals surface area contributed by atoms with Gasteiger partial charge in [-0.3, -0.25) is 4.79 Å². The fourth-order valence-corrected chi connectivity index (χ4v) is 1.05. The molecule has 0 fully saturated rings. The van der Waals surface area contributed by atoms with Crippen LogP contribution in [0.15, 0.2) is 36.5 Å². The van der Waals surface area contributed by atoms with E-state index in [0.29, 0.717) is 12.5 Å². The lowest BCUT2D eigenvalue weighted by molar-refractivity contribution is -0.116. The van der Waals surface area contributed by atoms with Crippen molar-refractivity contribution in [3.05, 3.63) is 36.5 Å². The van der Waals surface area contributed by atoms with Crippen LogP contribution in [-0.4, -0.2) is 12.5 Å². The fourth-order valence-electron chi connectivity index (χ4n) is 1.05. The van der Waals surface area contributed by atoms with Crippen molar-refractivity contribution >= 4 is 5.91 Å².